The van der Waals surface area contributed by atoms with Gasteiger partial charge in [0.05, 0.1) is 5.57 Å². The summed E-state index contributed by atoms with van der Waals surface area (Å²) in [7, 11) is 0. The van der Waals surface area contributed by atoms with Gasteiger partial charge < -0.3 is 9.03 Å². The fraction of sp³-hybridized carbons (Fsp3) is 0.308. The van der Waals surface area contributed by atoms with E-state index in [0.29, 0.717) is 11.1 Å². The number of aryl methyl sites for hydroxylation is 2. The molecule has 1 aromatic rings. The van der Waals surface area contributed by atoms with Gasteiger partial charge in [0, 0.05) is 5.56 Å². The third-order valence-electron chi connectivity index (χ3n) is 2.92. The van der Waals surface area contributed by atoms with Crippen LogP contribution in [0.3, 0.4) is 0 Å². The highest BCUT2D eigenvalue weighted by molar-refractivity contribution is 6.16. The van der Waals surface area contributed by atoms with Crippen LogP contribution in [0.2, 0.25) is 0 Å². The Morgan fingerprint density at radius 1 is 1.35 bits per heavy atom. The fourth-order valence-electron chi connectivity index (χ4n) is 2.10. The maximum Gasteiger partial charge on any atom is 0.430 e. The molecule has 0 amide bonds. The number of halogens is 4. The van der Waals surface area contributed by atoms with E-state index in [1.807, 2.05) is 0 Å². The standard InChI is InChI=1S/C13H10ClF3O3/c1-6-3-7(2)8-5-9(12(18)20-14)11(13(15,16)17)19-10(8)4-6/h3-5,11H,1-2H3. The van der Waals surface area contributed by atoms with Gasteiger partial charge in [-0.15, -0.1) is 0 Å². The van der Waals surface area contributed by atoms with E-state index < -0.39 is 23.8 Å². The molecule has 3 nitrogen and oxygen atoms in total. The molecule has 108 valence electrons. The van der Waals surface area contributed by atoms with Crippen molar-refractivity contribution in [2.45, 2.75) is 26.1 Å². The van der Waals surface area contributed by atoms with Gasteiger partial charge in [0.25, 0.3) is 0 Å². The highest BCUT2D eigenvalue weighted by Crippen LogP contribution is 2.39. The lowest BCUT2D eigenvalue weighted by atomic mass is 9.96. The minimum Gasteiger partial charge on any atom is -0.475 e. The topological polar surface area (TPSA) is 35.5 Å². The second kappa shape index (κ2) is 5.01. The number of benzene rings is 1. The SMILES string of the molecule is Cc1cc(C)c2c(c1)OC(C(F)(F)F)C(C(=O)OCl)=C2. The molecular weight excluding hydrogens is 297 g/mol. The Bertz CT molecular complexity index is 593. The van der Waals surface area contributed by atoms with Crippen molar-refractivity contribution in [3.05, 3.63) is 34.4 Å². The second-order valence-corrected chi connectivity index (χ2v) is 4.65. The maximum atomic E-state index is 13.0. The first-order valence-electron chi connectivity index (χ1n) is 5.63. The molecule has 20 heavy (non-hydrogen) atoms. The predicted octanol–water partition coefficient (Wildman–Crippen LogP) is 3.71. The van der Waals surface area contributed by atoms with Crippen LogP contribution in [-0.2, 0) is 9.08 Å². The summed E-state index contributed by atoms with van der Waals surface area (Å²) < 4.78 is 47.7. The normalized spacial score (nSPS) is 17.9. The summed E-state index contributed by atoms with van der Waals surface area (Å²) in [5, 5.41) is 0. The van der Waals surface area contributed by atoms with Gasteiger partial charge in [-0.2, -0.15) is 13.2 Å². The van der Waals surface area contributed by atoms with Crippen LogP contribution in [0.5, 0.6) is 5.75 Å². The zero-order valence-electron chi connectivity index (χ0n) is 10.5. The highest BCUT2D eigenvalue weighted by Gasteiger charge is 2.49. The number of fused-ring (bicyclic) bond motifs is 1. The number of hydrogen-bond acceptors (Lipinski definition) is 3. The van der Waals surface area contributed by atoms with Gasteiger partial charge in [0.2, 0.25) is 6.10 Å². The Morgan fingerprint density at radius 2 is 2.00 bits per heavy atom. The van der Waals surface area contributed by atoms with Crippen molar-refractivity contribution in [1.29, 1.82) is 0 Å². The third kappa shape index (κ3) is 2.60. The van der Waals surface area contributed by atoms with E-state index in [9.17, 15) is 18.0 Å². The van der Waals surface area contributed by atoms with Crippen LogP contribution in [-0.4, -0.2) is 18.2 Å². The van der Waals surface area contributed by atoms with Crippen LogP contribution in [0, 0.1) is 13.8 Å². The molecule has 0 spiro atoms. The molecule has 1 aromatic carbocycles. The van der Waals surface area contributed by atoms with E-state index in [1.165, 1.54) is 6.07 Å². The first-order chi connectivity index (χ1) is 9.24. The molecule has 0 bridgehead atoms. The molecule has 1 unspecified atom stereocenters. The molecule has 0 saturated carbocycles. The monoisotopic (exact) mass is 306 g/mol. The number of hydrogen-bond donors (Lipinski definition) is 0. The molecular formula is C13H10ClF3O3. The minimum atomic E-state index is -4.74. The van der Waals surface area contributed by atoms with Gasteiger partial charge in [-0.05, 0) is 37.1 Å². The van der Waals surface area contributed by atoms with Crippen LogP contribution in [0.15, 0.2) is 17.7 Å². The summed E-state index contributed by atoms with van der Waals surface area (Å²) in [5.74, 6) is -1.20. The van der Waals surface area contributed by atoms with Crippen LogP contribution < -0.4 is 4.74 Å². The smallest absolute Gasteiger partial charge is 0.430 e. The first-order valence-corrected chi connectivity index (χ1v) is 5.94. The summed E-state index contributed by atoms with van der Waals surface area (Å²) in [6, 6.07) is 3.26. The van der Waals surface area contributed by atoms with Crippen LogP contribution in [0.25, 0.3) is 6.08 Å². The fourth-order valence-corrected chi connectivity index (χ4v) is 2.19. The van der Waals surface area contributed by atoms with Crippen molar-refractivity contribution < 1.29 is 27.0 Å². The van der Waals surface area contributed by atoms with Crippen LogP contribution >= 0.6 is 11.9 Å². The van der Waals surface area contributed by atoms with Gasteiger partial charge >= 0.3 is 12.1 Å². The van der Waals surface area contributed by atoms with Gasteiger partial charge in [-0.1, -0.05) is 6.07 Å². The molecule has 0 radical (unpaired) electrons. The number of alkyl halides is 3. The molecule has 1 atom stereocenters. The number of rotatable bonds is 1. The summed E-state index contributed by atoms with van der Waals surface area (Å²) in [5.41, 5.74) is 1.19. The zero-order chi connectivity index (χ0) is 15.1. The quantitative estimate of drug-likeness (QED) is 0.793. The Balaban J connectivity index is 2.60. The van der Waals surface area contributed by atoms with E-state index >= 15 is 0 Å². The molecule has 0 N–H and O–H groups in total. The van der Waals surface area contributed by atoms with Crippen molar-refractivity contribution in [3.8, 4) is 5.75 Å². The van der Waals surface area contributed by atoms with E-state index in [1.54, 1.807) is 19.9 Å². The molecule has 0 aliphatic carbocycles. The molecule has 0 aromatic heterocycles. The predicted molar refractivity (Wildman–Crippen MR) is 66.3 cm³/mol. The number of carbonyl (C=O) groups excluding carboxylic acids is 1. The minimum absolute atomic E-state index is 0.0796. The van der Waals surface area contributed by atoms with Crippen molar-refractivity contribution in [3.63, 3.8) is 0 Å². The maximum absolute atomic E-state index is 13.0. The van der Waals surface area contributed by atoms with E-state index in [0.717, 1.165) is 11.6 Å². The van der Waals surface area contributed by atoms with Gasteiger partial charge in [0.1, 0.15) is 17.6 Å². The van der Waals surface area contributed by atoms with Crippen molar-refractivity contribution in [2.24, 2.45) is 0 Å². The van der Waals surface area contributed by atoms with Crippen LogP contribution in [0.1, 0.15) is 16.7 Å². The molecule has 1 aliphatic heterocycles. The van der Waals surface area contributed by atoms with Crippen molar-refractivity contribution in [2.75, 3.05) is 0 Å². The number of carbonyl (C=O) groups is 1. The van der Waals surface area contributed by atoms with Crippen molar-refractivity contribution in [1.82, 2.24) is 0 Å². The average molecular weight is 307 g/mol. The molecule has 7 heteroatoms. The van der Waals surface area contributed by atoms with Crippen molar-refractivity contribution >= 4 is 23.9 Å². The summed E-state index contributed by atoms with van der Waals surface area (Å²) in [6.07, 6.45) is -6.02. The summed E-state index contributed by atoms with van der Waals surface area (Å²) in [6.45, 7) is 3.45. The second-order valence-electron chi connectivity index (χ2n) is 4.50. The third-order valence-corrected chi connectivity index (χ3v) is 3.06. The Labute approximate surface area is 118 Å². The largest absolute Gasteiger partial charge is 0.475 e. The lowest BCUT2D eigenvalue weighted by Gasteiger charge is -2.28. The van der Waals surface area contributed by atoms with Gasteiger partial charge in [-0.25, -0.2) is 4.79 Å². The highest BCUT2D eigenvalue weighted by atomic mass is 35.5. The van der Waals surface area contributed by atoms with Crippen LogP contribution in [0.4, 0.5) is 13.2 Å². The molecule has 2 rings (SSSR count). The molecule has 0 saturated heterocycles. The summed E-state index contributed by atoms with van der Waals surface area (Å²) >= 11 is 4.88. The molecule has 1 aliphatic rings. The Kier molecular flexibility index (Phi) is 3.69. The molecule has 1 heterocycles. The first kappa shape index (κ1) is 14.7. The number of ether oxygens (including phenoxy) is 1. The average Bonchev–Trinajstić information content (AvgIpc) is 2.35. The van der Waals surface area contributed by atoms with E-state index in [4.69, 9.17) is 16.6 Å². The van der Waals surface area contributed by atoms with E-state index in [-0.39, 0.29) is 5.75 Å². The summed E-state index contributed by atoms with van der Waals surface area (Å²) in [4.78, 5) is 11.4. The Morgan fingerprint density at radius 3 is 2.55 bits per heavy atom. The Hall–Kier alpha value is -1.69. The zero-order valence-corrected chi connectivity index (χ0v) is 11.3. The lowest BCUT2D eigenvalue weighted by Crippen LogP contribution is -2.40. The van der Waals surface area contributed by atoms with Gasteiger partial charge in [0.15, 0.2) is 0 Å². The molecule has 0 fully saturated rings. The van der Waals surface area contributed by atoms with Gasteiger partial charge in [-0.3, -0.25) is 0 Å². The van der Waals surface area contributed by atoms with E-state index in [2.05, 4.69) is 4.29 Å². The lowest BCUT2D eigenvalue weighted by molar-refractivity contribution is -0.186.